The molecular weight excluding hydrogens is 460 g/mol. The van der Waals surface area contributed by atoms with Crippen LogP contribution in [-0.2, 0) is 22.5 Å². The molecule has 1 aromatic heterocycles. The molecule has 36 heavy (non-hydrogen) atoms. The molecule has 0 aliphatic carbocycles. The highest BCUT2D eigenvalue weighted by Gasteiger charge is 2.18. The van der Waals surface area contributed by atoms with Crippen LogP contribution in [0.1, 0.15) is 59.7 Å². The molecule has 0 bridgehead atoms. The lowest BCUT2D eigenvalue weighted by Gasteiger charge is -2.13. The maximum atomic E-state index is 12.9. The fourth-order valence-electron chi connectivity index (χ4n) is 4.13. The van der Waals surface area contributed by atoms with E-state index in [9.17, 15) is 19.2 Å². The summed E-state index contributed by atoms with van der Waals surface area (Å²) in [6.07, 6.45) is 3.68. The summed E-state index contributed by atoms with van der Waals surface area (Å²) < 4.78 is 6.91. The van der Waals surface area contributed by atoms with E-state index in [1.165, 1.54) is 12.1 Å². The number of carbonyl (C=O) groups excluding carboxylic acids is 3. The number of ether oxygens (including phenoxy) is 1. The van der Waals surface area contributed by atoms with Crippen molar-refractivity contribution in [2.75, 3.05) is 18.5 Å². The van der Waals surface area contributed by atoms with Gasteiger partial charge in [-0.05, 0) is 49.1 Å². The maximum absolute atomic E-state index is 12.9. The molecule has 0 spiro atoms. The number of rotatable bonds is 7. The highest BCUT2D eigenvalue weighted by atomic mass is 16.5. The second-order valence-electron chi connectivity index (χ2n) is 9.30. The molecule has 0 unspecified atom stereocenters. The molecule has 2 heterocycles. The topological polar surface area (TPSA) is 119 Å². The number of anilines is 1. The molecule has 0 radical (unpaired) electrons. The largest absolute Gasteiger partial charge is 0.452 e. The van der Waals surface area contributed by atoms with E-state index in [-0.39, 0.29) is 22.9 Å². The van der Waals surface area contributed by atoms with Crippen molar-refractivity contribution in [3.63, 3.8) is 0 Å². The van der Waals surface area contributed by atoms with Gasteiger partial charge in [0, 0.05) is 19.5 Å². The first kappa shape index (κ1) is 25.1. The average molecular weight is 491 g/mol. The number of fused-ring (bicyclic) bond motifs is 2. The third-order valence-corrected chi connectivity index (χ3v) is 6.00. The Kier molecular flexibility index (Phi) is 7.77. The van der Waals surface area contributed by atoms with Gasteiger partial charge in [0.1, 0.15) is 5.82 Å². The normalized spacial score (nSPS) is 13.1. The SMILES string of the molecule is CC(C)CNC(=O)c1ccccc1NC(=O)COC(=O)c1ccc2c(=O)n3c(nc2c1)CCCCC3. The van der Waals surface area contributed by atoms with Crippen molar-refractivity contribution < 1.29 is 19.1 Å². The third-order valence-electron chi connectivity index (χ3n) is 6.00. The molecule has 1 aliphatic heterocycles. The Hall–Kier alpha value is -4.01. The molecule has 3 aromatic rings. The summed E-state index contributed by atoms with van der Waals surface area (Å²) in [4.78, 5) is 55.0. The highest BCUT2D eigenvalue weighted by molar-refractivity contribution is 6.04. The number of para-hydroxylation sites is 1. The summed E-state index contributed by atoms with van der Waals surface area (Å²) in [5, 5.41) is 5.90. The summed E-state index contributed by atoms with van der Waals surface area (Å²) in [6.45, 7) is 4.61. The van der Waals surface area contributed by atoms with E-state index in [0.717, 1.165) is 31.5 Å². The van der Waals surface area contributed by atoms with Crippen LogP contribution in [0.2, 0.25) is 0 Å². The molecule has 0 saturated heterocycles. The zero-order valence-electron chi connectivity index (χ0n) is 20.5. The van der Waals surface area contributed by atoms with Gasteiger partial charge in [0.25, 0.3) is 17.4 Å². The lowest BCUT2D eigenvalue weighted by atomic mass is 10.1. The second-order valence-corrected chi connectivity index (χ2v) is 9.30. The molecule has 9 heteroatoms. The summed E-state index contributed by atoms with van der Waals surface area (Å²) in [7, 11) is 0. The van der Waals surface area contributed by atoms with Gasteiger partial charge in [-0.2, -0.15) is 0 Å². The van der Waals surface area contributed by atoms with E-state index in [4.69, 9.17) is 4.74 Å². The molecule has 9 nitrogen and oxygen atoms in total. The minimum Gasteiger partial charge on any atom is -0.452 e. The van der Waals surface area contributed by atoms with Crippen molar-refractivity contribution in [3.8, 4) is 0 Å². The van der Waals surface area contributed by atoms with Gasteiger partial charge in [0.2, 0.25) is 0 Å². The predicted octanol–water partition coefficient (Wildman–Crippen LogP) is 3.30. The van der Waals surface area contributed by atoms with Crippen LogP contribution in [0.15, 0.2) is 47.3 Å². The number of esters is 1. The lowest BCUT2D eigenvalue weighted by Crippen LogP contribution is -2.29. The minimum absolute atomic E-state index is 0.104. The summed E-state index contributed by atoms with van der Waals surface area (Å²) >= 11 is 0. The first-order valence-corrected chi connectivity index (χ1v) is 12.2. The van der Waals surface area contributed by atoms with Crippen LogP contribution in [0.5, 0.6) is 0 Å². The molecule has 0 saturated carbocycles. The fourth-order valence-corrected chi connectivity index (χ4v) is 4.13. The fraction of sp³-hybridized carbons (Fsp3) is 0.370. The van der Waals surface area contributed by atoms with Gasteiger partial charge in [-0.1, -0.05) is 32.4 Å². The van der Waals surface area contributed by atoms with E-state index < -0.39 is 18.5 Å². The molecule has 4 rings (SSSR count). The van der Waals surface area contributed by atoms with Gasteiger partial charge in [-0.25, -0.2) is 9.78 Å². The van der Waals surface area contributed by atoms with Crippen molar-refractivity contribution in [2.24, 2.45) is 5.92 Å². The number of aryl methyl sites for hydroxylation is 1. The summed E-state index contributed by atoms with van der Waals surface area (Å²) in [5.74, 6) is -0.559. The Labute approximate surface area is 208 Å². The van der Waals surface area contributed by atoms with Gasteiger partial charge >= 0.3 is 5.97 Å². The summed E-state index contributed by atoms with van der Waals surface area (Å²) in [6, 6.07) is 11.2. The highest BCUT2D eigenvalue weighted by Crippen LogP contribution is 2.18. The Bertz CT molecular complexity index is 1360. The van der Waals surface area contributed by atoms with Gasteiger partial charge < -0.3 is 15.4 Å². The number of nitrogens with one attached hydrogen (secondary N) is 2. The van der Waals surface area contributed by atoms with E-state index in [1.54, 1.807) is 34.9 Å². The number of nitrogens with zero attached hydrogens (tertiary/aromatic N) is 2. The van der Waals surface area contributed by atoms with Crippen molar-refractivity contribution in [3.05, 3.63) is 69.8 Å². The molecule has 0 atom stereocenters. The van der Waals surface area contributed by atoms with Crippen molar-refractivity contribution in [1.29, 1.82) is 0 Å². The van der Waals surface area contributed by atoms with E-state index in [1.807, 2.05) is 13.8 Å². The van der Waals surface area contributed by atoms with Crippen LogP contribution >= 0.6 is 0 Å². The molecule has 0 fully saturated rings. The van der Waals surface area contributed by atoms with Crippen LogP contribution < -0.4 is 16.2 Å². The molecular formula is C27H30N4O5. The van der Waals surface area contributed by atoms with Crippen molar-refractivity contribution in [2.45, 2.75) is 46.1 Å². The number of hydrogen-bond donors (Lipinski definition) is 2. The molecule has 188 valence electrons. The van der Waals surface area contributed by atoms with E-state index in [0.29, 0.717) is 35.2 Å². The second kappa shape index (κ2) is 11.2. The lowest BCUT2D eigenvalue weighted by molar-refractivity contribution is -0.119. The minimum atomic E-state index is -0.702. The number of hydrogen-bond acceptors (Lipinski definition) is 6. The smallest absolute Gasteiger partial charge is 0.338 e. The van der Waals surface area contributed by atoms with Gasteiger partial charge in [-0.3, -0.25) is 19.0 Å². The van der Waals surface area contributed by atoms with Gasteiger partial charge in [-0.15, -0.1) is 0 Å². The van der Waals surface area contributed by atoms with E-state index in [2.05, 4.69) is 15.6 Å². The monoisotopic (exact) mass is 490 g/mol. The standard InChI is InChI=1S/C27H30N4O5/c1-17(2)15-28-25(33)19-8-5-6-9-21(19)30-24(32)16-36-27(35)18-11-12-20-22(14-18)29-23-10-4-3-7-13-31(23)26(20)34/h5-6,8-9,11-12,14,17H,3-4,7,10,13,15-16H2,1-2H3,(H,28,33)(H,30,32). The average Bonchev–Trinajstić information content (AvgIpc) is 3.11. The van der Waals surface area contributed by atoms with Crippen LogP contribution in [0.25, 0.3) is 10.9 Å². The Balaban J connectivity index is 1.42. The van der Waals surface area contributed by atoms with Crippen molar-refractivity contribution >= 4 is 34.4 Å². The first-order valence-electron chi connectivity index (χ1n) is 12.2. The maximum Gasteiger partial charge on any atom is 0.338 e. The number of amides is 2. The molecule has 1 aliphatic rings. The first-order chi connectivity index (χ1) is 17.3. The number of benzene rings is 2. The van der Waals surface area contributed by atoms with Crippen molar-refractivity contribution in [1.82, 2.24) is 14.9 Å². The van der Waals surface area contributed by atoms with Crippen LogP contribution in [0.4, 0.5) is 5.69 Å². The third kappa shape index (κ3) is 5.79. The number of carbonyl (C=O) groups is 3. The Morgan fingerprint density at radius 3 is 2.69 bits per heavy atom. The van der Waals surface area contributed by atoms with Crippen LogP contribution in [-0.4, -0.2) is 40.5 Å². The van der Waals surface area contributed by atoms with Crippen LogP contribution in [0.3, 0.4) is 0 Å². The molecule has 2 aromatic carbocycles. The Morgan fingerprint density at radius 2 is 1.89 bits per heavy atom. The molecule has 2 N–H and O–H groups in total. The van der Waals surface area contributed by atoms with Gasteiger partial charge in [0.05, 0.1) is 27.7 Å². The zero-order chi connectivity index (χ0) is 25.7. The van der Waals surface area contributed by atoms with Crippen LogP contribution in [0, 0.1) is 5.92 Å². The molecule has 2 amide bonds. The number of aromatic nitrogens is 2. The van der Waals surface area contributed by atoms with Gasteiger partial charge in [0.15, 0.2) is 6.61 Å². The van der Waals surface area contributed by atoms with E-state index >= 15 is 0 Å². The zero-order valence-corrected chi connectivity index (χ0v) is 20.5. The predicted molar refractivity (Wildman–Crippen MR) is 136 cm³/mol. The Morgan fingerprint density at radius 1 is 1.08 bits per heavy atom. The summed E-state index contributed by atoms with van der Waals surface area (Å²) in [5.41, 5.74) is 1.19. The quantitative estimate of drug-likeness (QED) is 0.491.